The summed E-state index contributed by atoms with van der Waals surface area (Å²) in [6.07, 6.45) is 0.0926. The van der Waals surface area contributed by atoms with Gasteiger partial charge in [-0.1, -0.05) is 11.3 Å². The van der Waals surface area contributed by atoms with Crippen LogP contribution in [-0.2, 0) is 14.3 Å². The summed E-state index contributed by atoms with van der Waals surface area (Å²) in [6.45, 7) is 4.06. The molecule has 152 valence electrons. The van der Waals surface area contributed by atoms with Gasteiger partial charge in [-0.15, -0.1) is 0 Å². The molecule has 1 aromatic heterocycles. The average Bonchev–Trinajstić information content (AvgIpc) is 3.39. The van der Waals surface area contributed by atoms with Crippen molar-refractivity contribution in [3.05, 3.63) is 28.8 Å². The van der Waals surface area contributed by atoms with Crippen LogP contribution in [0.2, 0.25) is 0 Å². The molecule has 4 rings (SSSR count). The number of fused-ring (bicyclic) bond motifs is 1. The van der Waals surface area contributed by atoms with Crippen molar-refractivity contribution in [3.63, 3.8) is 0 Å². The number of anilines is 2. The maximum Gasteiger partial charge on any atom is 0.350 e. The summed E-state index contributed by atoms with van der Waals surface area (Å²) in [5, 5.41) is 3.02. The maximum atomic E-state index is 12.7. The summed E-state index contributed by atoms with van der Waals surface area (Å²) >= 11 is 1.06. The summed E-state index contributed by atoms with van der Waals surface area (Å²) in [6, 6.07) is 5.24. The van der Waals surface area contributed by atoms with E-state index in [0.717, 1.165) is 11.3 Å². The lowest BCUT2D eigenvalue weighted by atomic mass is 10.1. The topological polar surface area (TPSA) is 107 Å². The molecule has 2 aliphatic rings. The highest BCUT2D eigenvalue weighted by atomic mass is 32.1. The lowest BCUT2D eigenvalue weighted by Gasteiger charge is -2.17. The van der Waals surface area contributed by atoms with E-state index in [4.69, 9.17) is 14.2 Å². The van der Waals surface area contributed by atoms with Gasteiger partial charge < -0.3 is 24.4 Å². The number of esters is 1. The van der Waals surface area contributed by atoms with Gasteiger partial charge in [0.05, 0.1) is 18.2 Å². The molecule has 2 amide bonds. The molecule has 3 heterocycles. The first-order chi connectivity index (χ1) is 14.0. The molecule has 1 aromatic carbocycles. The third-order valence-electron chi connectivity index (χ3n) is 4.65. The number of hydrogen-bond acceptors (Lipinski definition) is 8. The zero-order chi connectivity index (χ0) is 20.5. The number of rotatable bonds is 5. The van der Waals surface area contributed by atoms with Crippen molar-refractivity contribution in [3.8, 4) is 11.5 Å². The van der Waals surface area contributed by atoms with Crippen molar-refractivity contribution in [2.24, 2.45) is 5.92 Å². The van der Waals surface area contributed by atoms with Gasteiger partial charge >= 0.3 is 5.97 Å². The second kappa shape index (κ2) is 7.70. The molecule has 1 saturated heterocycles. The molecule has 2 aliphatic heterocycles. The molecule has 0 radical (unpaired) electrons. The second-order valence-corrected chi connectivity index (χ2v) is 7.59. The summed E-state index contributed by atoms with van der Waals surface area (Å²) in [5.74, 6) is -0.243. The first kappa shape index (κ1) is 19.2. The van der Waals surface area contributed by atoms with Crippen LogP contribution in [0, 0.1) is 12.8 Å². The summed E-state index contributed by atoms with van der Waals surface area (Å²) in [4.78, 5) is 43.2. The minimum atomic E-state index is -0.525. The van der Waals surface area contributed by atoms with Crippen molar-refractivity contribution in [1.29, 1.82) is 0 Å². The van der Waals surface area contributed by atoms with Gasteiger partial charge in [-0.25, -0.2) is 9.78 Å². The second-order valence-electron chi connectivity index (χ2n) is 6.59. The molecule has 0 spiro atoms. The van der Waals surface area contributed by atoms with Crippen molar-refractivity contribution in [2.45, 2.75) is 20.3 Å². The van der Waals surface area contributed by atoms with E-state index in [1.54, 1.807) is 36.9 Å². The quantitative estimate of drug-likeness (QED) is 0.744. The Hall–Kier alpha value is -3.14. The van der Waals surface area contributed by atoms with Crippen LogP contribution in [0.15, 0.2) is 18.2 Å². The van der Waals surface area contributed by atoms with Gasteiger partial charge in [0, 0.05) is 24.7 Å². The summed E-state index contributed by atoms with van der Waals surface area (Å²) in [5.41, 5.74) is 1.15. The molecule has 2 aromatic rings. The largest absolute Gasteiger partial charge is 0.462 e. The number of ether oxygens (including phenoxy) is 3. The smallest absolute Gasteiger partial charge is 0.350 e. The molecule has 29 heavy (non-hydrogen) atoms. The SMILES string of the molecule is CCOC(=O)c1sc(NC(=O)C2CC(=O)N(c3ccc4c(c3)OCO4)C2)nc1C. The lowest BCUT2D eigenvalue weighted by Crippen LogP contribution is -2.28. The number of carbonyl (C=O) groups excluding carboxylic acids is 3. The van der Waals surface area contributed by atoms with Gasteiger partial charge in [0.2, 0.25) is 18.6 Å². The molecule has 9 nitrogen and oxygen atoms in total. The van der Waals surface area contributed by atoms with Gasteiger partial charge in [0.15, 0.2) is 16.6 Å². The zero-order valence-electron chi connectivity index (χ0n) is 15.9. The Balaban J connectivity index is 1.43. The van der Waals surface area contributed by atoms with Crippen LogP contribution >= 0.6 is 11.3 Å². The van der Waals surface area contributed by atoms with Gasteiger partial charge in [-0.3, -0.25) is 9.59 Å². The van der Waals surface area contributed by atoms with Crippen LogP contribution in [0.3, 0.4) is 0 Å². The molecule has 1 unspecified atom stereocenters. The number of thiazole rings is 1. The van der Waals surface area contributed by atoms with Crippen molar-refractivity contribution in [1.82, 2.24) is 4.98 Å². The van der Waals surface area contributed by atoms with Crippen LogP contribution in [-0.4, -0.2) is 42.7 Å². The molecule has 0 saturated carbocycles. The first-order valence-corrected chi connectivity index (χ1v) is 9.93. The van der Waals surface area contributed by atoms with E-state index in [1.807, 2.05) is 0 Å². The minimum Gasteiger partial charge on any atom is -0.462 e. The highest BCUT2D eigenvalue weighted by Gasteiger charge is 2.36. The normalized spacial score (nSPS) is 17.5. The van der Waals surface area contributed by atoms with Crippen LogP contribution in [0.4, 0.5) is 10.8 Å². The fourth-order valence-corrected chi connectivity index (χ4v) is 4.09. The fourth-order valence-electron chi connectivity index (χ4n) is 3.23. The highest BCUT2D eigenvalue weighted by Crippen LogP contribution is 2.37. The van der Waals surface area contributed by atoms with Crippen LogP contribution in [0.25, 0.3) is 0 Å². The Bertz CT molecular complexity index is 988. The molecule has 0 aliphatic carbocycles. The summed E-state index contributed by atoms with van der Waals surface area (Å²) in [7, 11) is 0. The average molecular weight is 417 g/mol. The van der Waals surface area contributed by atoms with Crippen molar-refractivity contribution < 1.29 is 28.6 Å². The Morgan fingerprint density at radius 2 is 2.14 bits per heavy atom. The number of nitrogens with zero attached hydrogens (tertiary/aromatic N) is 2. The van der Waals surface area contributed by atoms with E-state index in [-0.39, 0.29) is 38.2 Å². The number of benzene rings is 1. The molecule has 1 N–H and O–H groups in total. The standard InChI is InChI=1S/C19H19N3O6S/c1-3-26-18(25)16-10(2)20-19(29-16)21-17(24)11-6-15(23)22(8-11)12-4-5-13-14(7-12)28-9-27-13/h4-5,7,11H,3,6,8-9H2,1-2H3,(H,20,21,24). The number of amides is 2. The number of aryl methyl sites for hydroxylation is 1. The van der Waals surface area contributed by atoms with E-state index in [1.165, 1.54) is 0 Å². The zero-order valence-corrected chi connectivity index (χ0v) is 16.7. The maximum absolute atomic E-state index is 12.7. The predicted octanol–water partition coefficient (Wildman–Crippen LogP) is 2.35. The van der Waals surface area contributed by atoms with E-state index >= 15 is 0 Å². The lowest BCUT2D eigenvalue weighted by molar-refractivity contribution is -0.122. The minimum absolute atomic E-state index is 0.0926. The van der Waals surface area contributed by atoms with Gasteiger partial charge in [-0.05, 0) is 26.0 Å². The van der Waals surface area contributed by atoms with Crippen molar-refractivity contribution in [2.75, 3.05) is 30.2 Å². The molecular formula is C19H19N3O6S. The van der Waals surface area contributed by atoms with Gasteiger partial charge in [0.1, 0.15) is 4.88 Å². The number of carbonyl (C=O) groups is 3. The monoisotopic (exact) mass is 417 g/mol. The number of nitrogens with one attached hydrogen (secondary N) is 1. The van der Waals surface area contributed by atoms with E-state index in [0.29, 0.717) is 32.9 Å². The van der Waals surface area contributed by atoms with Crippen molar-refractivity contribution >= 4 is 39.9 Å². The molecule has 0 bridgehead atoms. The Morgan fingerprint density at radius 1 is 1.34 bits per heavy atom. The van der Waals surface area contributed by atoms with E-state index in [2.05, 4.69) is 10.3 Å². The van der Waals surface area contributed by atoms with Gasteiger partial charge in [0.25, 0.3) is 0 Å². The van der Waals surface area contributed by atoms with Crippen LogP contribution in [0.1, 0.15) is 28.7 Å². The molecule has 10 heteroatoms. The first-order valence-electron chi connectivity index (χ1n) is 9.11. The Labute approximate surface area is 170 Å². The fraction of sp³-hybridized carbons (Fsp3) is 0.368. The molecule has 1 atom stereocenters. The van der Waals surface area contributed by atoms with Gasteiger partial charge in [-0.2, -0.15) is 0 Å². The third-order valence-corrected chi connectivity index (χ3v) is 5.70. The number of aromatic nitrogens is 1. The molecular weight excluding hydrogens is 398 g/mol. The predicted molar refractivity (Wildman–Crippen MR) is 104 cm³/mol. The Kier molecular flexibility index (Phi) is 5.10. The number of hydrogen-bond donors (Lipinski definition) is 1. The van der Waals surface area contributed by atoms with Crippen LogP contribution < -0.4 is 19.7 Å². The third kappa shape index (κ3) is 3.75. The highest BCUT2D eigenvalue weighted by molar-refractivity contribution is 7.17. The summed E-state index contributed by atoms with van der Waals surface area (Å²) < 4.78 is 15.6. The Morgan fingerprint density at radius 3 is 2.93 bits per heavy atom. The van der Waals surface area contributed by atoms with Crippen LogP contribution in [0.5, 0.6) is 11.5 Å². The van der Waals surface area contributed by atoms with E-state index < -0.39 is 11.9 Å². The van der Waals surface area contributed by atoms with E-state index in [9.17, 15) is 14.4 Å². The molecule has 1 fully saturated rings.